The molecule has 1 atom stereocenters. The maximum atomic E-state index is 9.04. The van der Waals surface area contributed by atoms with Crippen molar-refractivity contribution >= 4 is 11.3 Å². The van der Waals surface area contributed by atoms with Crippen LogP contribution in [0.2, 0.25) is 0 Å². The van der Waals surface area contributed by atoms with Gasteiger partial charge in [-0.1, -0.05) is 36.4 Å². The Morgan fingerprint density at radius 1 is 1.00 bits per heavy atom. The molecule has 0 aliphatic carbocycles. The van der Waals surface area contributed by atoms with E-state index in [1.807, 2.05) is 24.3 Å². The Hall–Kier alpha value is -1.88. The zero-order chi connectivity index (χ0) is 14.5. The van der Waals surface area contributed by atoms with Gasteiger partial charge in [-0.05, 0) is 29.1 Å². The second-order valence-electron chi connectivity index (χ2n) is 4.77. The lowest BCUT2D eigenvalue weighted by atomic mass is 10.1. The number of benzene rings is 1. The van der Waals surface area contributed by atoms with Crippen molar-refractivity contribution < 1.29 is 9.52 Å². The summed E-state index contributed by atoms with van der Waals surface area (Å²) in [6, 6.07) is 18.4. The number of aliphatic hydroxyl groups is 1. The van der Waals surface area contributed by atoms with E-state index in [9.17, 15) is 0 Å². The van der Waals surface area contributed by atoms with Crippen LogP contribution in [0.3, 0.4) is 0 Å². The number of furan rings is 1. The number of hydrogen-bond acceptors (Lipinski definition) is 4. The van der Waals surface area contributed by atoms with Gasteiger partial charge in [0.1, 0.15) is 18.1 Å². The highest BCUT2D eigenvalue weighted by molar-refractivity contribution is 7.10. The van der Waals surface area contributed by atoms with Gasteiger partial charge in [-0.25, -0.2) is 0 Å². The maximum absolute atomic E-state index is 9.04. The third kappa shape index (κ3) is 3.42. The molecule has 108 valence electrons. The van der Waals surface area contributed by atoms with Crippen molar-refractivity contribution in [2.75, 3.05) is 0 Å². The van der Waals surface area contributed by atoms with Crippen LogP contribution in [-0.2, 0) is 13.2 Å². The monoisotopic (exact) mass is 299 g/mol. The lowest BCUT2D eigenvalue weighted by Gasteiger charge is -2.17. The molecule has 3 nitrogen and oxygen atoms in total. The Balaban J connectivity index is 1.77. The highest BCUT2D eigenvalue weighted by Gasteiger charge is 2.15. The Kier molecular flexibility index (Phi) is 4.50. The van der Waals surface area contributed by atoms with Crippen LogP contribution in [0, 0.1) is 0 Å². The van der Waals surface area contributed by atoms with Crippen LogP contribution in [-0.4, -0.2) is 5.11 Å². The molecule has 4 heteroatoms. The van der Waals surface area contributed by atoms with Crippen LogP contribution >= 0.6 is 11.3 Å². The molecule has 0 radical (unpaired) electrons. The van der Waals surface area contributed by atoms with Gasteiger partial charge in [0.2, 0.25) is 0 Å². The summed E-state index contributed by atoms with van der Waals surface area (Å²) < 4.78 is 5.53. The quantitative estimate of drug-likeness (QED) is 0.729. The van der Waals surface area contributed by atoms with E-state index in [0.29, 0.717) is 12.3 Å². The molecule has 0 saturated carbocycles. The third-order valence-electron chi connectivity index (χ3n) is 3.31. The molecule has 2 aromatic heterocycles. The van der Waals surface area contributed by atoms with Gasteiger partial charge in [-0.15, -0.1) is 11.3 Å². The van der Waals surface area contributed by atoms with Crippen LogP contribution in [0.4, 0.5) is 0 Å². The van der Waals surface area contributed by atoms with Gasteiger partial charge >= 0.3 is 0 Å². The van der Waals surface area contributed by atoms with E-state index in [1.165, 1.54) is 10.4 Å². The molecular formula is C17H17NO2S. The summed E-state index contributed by atoms with van der Waals surface area (Å²) in [5, 5.41) is 14.7. The normalized spacial score (nSPS) is 12.4. The van der Waals surface area contributed by atoms with Gasteiger partial charge in [0.25, 0.3) is 0 Å². The SMILES string of the molecule is OCc1ccc(CNC(c2ccccc2)c2cccs2)o1. The van der Waals surface area contributed by atoms with Crippen LogP contribution in [0.5, 0.6) is 0 Å². The molecule has 0 aliphatic heterocycles. The Morgan fingerprint density at radius 3 is 2.48 bits per heavy atom. The van der Waals surface area contributed by atoms with E-state index in [-0.39, 0.29) is 12.6 Å². The number of hydrogen-bond donors (Lipinski definition) is 2. The summed E-state index contributed by atoms with van der Waals surface area (Å²) in [7, 11) is 0. The lowest BCUT2D eigenvalue weighted by molar-refractivity contribution is 0.242. The number of thiophene rings is 1. The van der Waals surface area contributed by atoms with Crippen molar-refractivity contribution in [3.63, 3.8) is 0 Å². The van der Waals surface area contributed by atoms with Crippen molar-refractivity contribution in [3.8, 4) is 0 Å². The molecule has 3 aromatic rings. The van der Waals surface area contributed by atoms with Gasteiger partial charge in [0.05, 0.1) is 12.6 Å². The first-order valence-electron chi connectivity index (χ1n) is 6.87. The average molecular weight is 299 g/mol. The van der Waals surface area contributed by atoms with Gasteiger partial charge < -0.3 is 9.52 Å². The van der Waals surface area contributed by atoms with E-state index in [0.717, 1.165) is 5.76 Å². The number of aliphatic hydroxyl groups excluding tert-OH is 1. The molecule has 2 N–H and O–H groups in total. The van der Waals surface area contributed by atoms with Gasteiger partial charge in [0, 0.05) is 4.88 Å². The van der Waals surface area contributed by atoms with E-state index in [4.69, 9.17) is 9.52 Å². The average Bonchev–Trinajstić information content (AvgIpc) is 3.20. The predicted molar refractivity (Wildman–Crippen MR) is 84.1 cm³/mol. The molecule has 0 fully saturated rings. The van der Waals surface area contributed by atoms with Crippen molar-refractivity contribution in [2.45, 2.75) is 19.2 Å². The molecule has 0 amide bonds. The number of rotatable bonds is 6. The molecule has 0 bridgehead atoms. The first-order chi connectivity index (χ1) is 10.4. The first kappa shape index (κ1) is 14.1. The van der Waals surface area contributed by atoms with Crippen LogP contribution in [0.1, 0.15) is 28.0 Å². The molecule has 2 heterocycles. The summed E-state index contributed by atoms with van der Waals surface area (Å²) in [6.07, 6.45) is 0. The fraction of sp³-hybridized carbons (Fsp3) is 0.176. The van der Waals surface area contributed by atoms with Gasteiger partial charge in [-0.3, -0.25) is 5.32 Å². The smallest absolute Gasteiger partial charge is 0.129 e. The molecule has 21 heavy (non-hydrogen) atoms. The van der Waals surface area contributed by atoms with Crippen molar-refractivity contribution in [3.05, 3.63) is 81.9 Å². The summed E-state index contributed by atoms with van der Waals surface area (Å²) >= 11 is 1.74. The lowest BCUT2D eigenvalue weighted by Crippen LogP contribution is -2.20. The first-order valence-corrected chi connectivity index (χ1v) is 7.75. The van der Waals surface area contributed by atoms with E-state index >= 15 is 0 Å². The van der Waals surface area contributed by atoms with Crippen molar-refractivity contribution in [1.82, 2.24) is 5.32 Å². The zero-order valence-electron chi connectivity index (χ0n) is 11.5. The molecule has 0 saturated heterocycles. The molecular weight excluding hydrogens is 282 g/mol. The van der Waals surface area contributed by atoms with Gasteiger partial charge in [0.15, 0.2) is 0 Å². The molecule has 1 unspecified atom stereocenters. The van der Waals surface area contributed by atoms with Crippen LogP contribution in [0.15, 0.2) is 64.4 Å². The minimum atomic E-state index is -0.0625. The minimum Gasteiger partial charge on any atom is -0.462 e. The Labute approximate surface area is 127 Å². The summed E-state index contributed by atoms with van der Waals surface area (Å²) in [5.41, 5.74) is 1.23. The predicted octanol–water partition coefficient (Wildman–Crippen LogP) is 3.71. The topological polar surface area (TPSA) is 45.4 Å². The molecule has 1 aromatic carbocycles. The Bertz CT molecular complexity index is 661. The fourth-order valence-electron chi connectivity index (χ4n) is 2.29. The molecule has 0 spiro atoms. The summed E-state index contributed by atoms with van der Waals surface area (Å²) in [5.74, 6) is 1.43. The zero-order valence-corrected chi connectivity index (χ0v) is 12.3. The highest BCUT2D eigenvalue weighted by atomic mass is 32.1. The largest absolute Gasteiger partial charge is 0.462 e. The third-order valence-corrected chi connectivity index (χ3v) is 4.25. The second kappa shape index (κ2) is 6.72. The highest BCUT2D eigenvalue weighted by Crippen LogP contribution is 2.26. The van der Waals surface area contributed by atoms with E-state index in [1.54, 1.807) is 17.4 Å². The van der Waals surface area contributed by atoms with E-state index < -0.39 is 0 Å². The van der Waals surface area contributed by atoms with Crippen LogP contribution in [0.25, 0.3) is 0 Å². The molecule has 0 aliphatic rings. The van der Waals surface area contributed by atoms with Gasteiger partial charge in [-0.2, -0.15) is 0 Å². The number of nitrogens with one attached hydrogen (secondary N) is 1. The van der Waals surface area contributed by atoms with Crippen molar-refractivity contribution in [2.24, 2.45) is 0 Å². The maximum Gasteiger partial charge on any atom is 0.129 e. The van der Waals surface area contributed by atoms with Crippen LogP contribution < -0.4 is 5.32 Å². The summed E-state index contributed by atoms with van der Waals surface area (Å²) in [6.45, 7) is 0.560. The molecule has 3 rings (SSSR count). The standard InChI is InChI=1S/C17H17NO2S/c19-12-15-9-8-14(20-15)11-18-17(16-7-4-10-21-16)13-5-2-1-3-6-13/h1-10,17-19H,11-12H2. The summed E-state index contributed by atoms with van der Waals surface area (Å²) in [4.78, 5) is 1.27. The second-order valence-corrected chi connectivity index (χ2v) is 5.75. The van der Waals surface area contributed by atoms with Crippen molar-refractivity contribution in [1.29, 1.82) is 0 Å². The fourth-order valence-corrected chi connectivity index (χ4v) is 3.12. The van der Waals surface area contributed by atoms with E-state index in [2.05, 4.69) is 35.0 Å². The minimum absolute atomic E-state index is 0.0625. The Morgan fingerprint density at radius 2 is 1.81 bits per heavy atom.